The summed E-state index contributed by atoms with van der Waals surface area (Å²) in [5, 5.41) is 4.52. The molecule has 6 heteroatoms. The minimum atomic E-state index is 0.0711. The van der Waals surface area contributed by atoms with Gasteiger partial charge < -0.3 is 4.74 Å². The molecule has 0 saturated carbocycles. The molecular weight excluding hydrogens is 460 g/mol. The fourth-order valence-electron chi connectivity index (χ4n) is 5.60. The lowest BCUT2D eigenvalue weighted by Crippen LogP contribution is -2.43. The standard InChI is InChI=1S/C31H38N4O2/c1-21(2)25-5-11-28(12-6-25)35-23(4)29(20-33-35)30(36)18-24-17-22(3)31(32-19-24)26-7-9-27(10-8-26)34-13-15-37-16-14-34/h5-7,11-12,17,19-21,27H,8-10,13-16,18H2,1-4H3. The Bertz CT molecular complexity index is 1280. The lowest BCUT2D eigenvalue weighted by Gasteiger charge is -2.36. The van der Waals surface area contributed by atoms with Crippen LogP contribution in [-0.4, -0.2) is 57.8 Å². The third-order valence-electron chi connectivity index (χ3n) is 7.86. The molecule has 37 heavy (non-hydrogen) atoms. The van der Waals surface area contributed by atoms with Crippen molar-refractivity contribution in [3.63, 3.8) is 0 Å². The van der Waals surface area contributed by atoms with Gasteiger partial charge in [-0.05, 0) is 73.4 Å². The van der Waals surface area contributed by atoms with E-state index in [0.717, 1.165) is 73.8 Å². The van der Waals surface area contributed by atoms with Gasteiger partial charge in [-0.25, -0.2) is 4.68 Å². The number of Topliss-reactive ketones (excluding diaryl/α,β-unsaturated/α-hetero) is 1. The second kappa shape index (κ2) is 11.1. The van der Waals surface area contributed by atoms with Gasteiger partial charge in [-0.1, -0.05) is 38.1 Å². The van der Waals surface area contributed by atoms with Crippen LogP contribution in [0.2, 0.25) is 0 Å². The number of carbonyl (C=O) groups excluding carboxylic acids is 1. The number of allylic oxidation sites excluding steroid dienone is 1. The molecule has 3 aromatic rings. The number of hydrogen-bond donors (Lipinski definition) is 0. The number of nitrogens with zero attached hydrogens (tertiary/aromatic N) is 4. The van der Waals surface area contributed by atoms with Crippen molar-refractivity contribution in [2.24, 2.45) is 0 Å². The molecule has 1 saturated heterocycles. The van der Waals surface area contributed by atoms with Gasteiger partial charge in [-0.2, -0.15) is 5.10 Å². The first-order chi connectivity index (χ1) is 17.9. The Morgan fingerprint density at radius 2 is 1.86 bits per heavy atom. The summed E-state index contributed by atoms with van der Waals surface area (Å²) in [6, 6.07) is 11.1. The fraction of sp³-hybridized carbons (Fsp3) is 0.452. The van der Waals surface area contributed by atoms with Crippen LogP contribution in [0.1, 0.15) is 77.5 Å². The minimum absolute atomic E-state index is 0.0711. The summed E-state index contributed by atoms with van der Waals surface area (Å²) in [5.41, 5.74) is 8.29. The van der Waals surface area contributed by atoms with Crippen LogP contribution in [0.15, 0.2) is 48.8 Å². The highest BCUT2D eigenvalue weighted by atomic mass is 16.5. The quantitative estimate of drug-likeness (QED) is 0.391. The largest absolute Gasteiger partial charge is 0.379 e. The Morgan fingerprint density at radius 3 is 2.51 bits per heavy atom. The number of ether oxygens (including phenoxy) is 1. The average Bonchev–Trinajstić information content (AvgIpc) is 3.31. The monoisotopic (exact) mass is 498 g/mol. The van der Waals surface area contributed by atoms with Crippen LogP contribution in [0.25, 0.3) is 11.3 Å². The maximum Gasteiger partial charge on any atom is 0.170 e. The van der Waals surface area contributed by atoms with Crippen molar-refractivity contribution >= 4 is 11.4 Å². The maximum absolute atomic E-state index is 13.2. The second-order valence-electron chi connectivity index (χ2n) is 10.7. The molecule has 0 spiro atoms. The molecule has 2 aromatic heterocycles. The van der Waals surface area contributed by atoms with E-state index in [9.17, 15) is 4.79 Å². The summed E-state index contributed by atoms with van der Waals surface area (Å²) in [4.78, 5) is 20.6. The summed E-state index contributed by atoms with van der Waals surface area (Å²) >= 11 is 0. The van der Waals surface area contributed by atoms with Crippen LogP contribution in [-0.2, 0) is 11.2 Å². The smallest absolute Gasteiger partial charge is 0.170 e. The van der Waals surface area contributed by atoms with Crippen molar-refractivity contribution in [3.05, 3.63) is 82.4 Å². The van der Waals surface area contributed by atoms with Crippen LogP contribution in [0.4, 0.5) is 0 Å². The van der Waals surface area contributed by atoms with Gasteiger partial charge >= 0.3 is 0 Å². The van der Waals surface area contributed by atoms with Gasteiger partial charge in [0.2, 0.25) is 0 Å². The third-order valence-corrected chi connectivity index (χ3v) is 7.86. The number of benzene rings is 1. The summed E-state index contributed by atoms with van der Waals surface area (Å²) in [7, 11) is 0. The zero-order chi connectivity index (χ0) is 25.9. The molecule has 0 amide bonds. The van der Waals surface area contributed by atoms with Crippen molar-refractivity contribution in [2.75, 3.05) is 26.3 Å². The number of aromatic nitrogens is 3. The normalized spacial score (nSPS) is 18.7. The van der Waals surface area contributed by atoms with Crippen LogP contribution in [0, 0.1) is 13.8 Å². The third kappa shape index (κ3) is 5.60. The number of carbonyl (C=O) groups is 1. The number of morpholine rings is 1. The zero-order valence-electron chi connectivity index (χ0n) is 22.5. The fourth-order valence-corrected chi connectivity index (χ4v) is 5.60. The van der Waals surface area contributed by atoms with E-state index in [0.29, 0.717) is 23.9 Å². The number of ketones is 1. The van der Waals surface area contributed by atoms with Gasteiger partial charge in [0.05, 0.1) is 42.0 Å². The number of rotatable bonds is 7. The molecule has 1 aliphatic carbocycles. The van der Waals surface area contributed by atoms with Crippen LogP contribution in [0.3, 0.4) is 0 Å². The Morgan fingerprint density at radius 1 is 1.11 bits per heavy atom. The molecule has 1 unspecified atom stereocenters. The van der Waals surface area contributed by atoms with E-state index in [1.54, 1.807) is 6.20 Å². The molecule has 1 aromatic carbocycles. The summed E-state index contributed by atoms with van der Waals surface area (Å²) < 4.78 is 7.36. The van der Waals surface area contributed by atoms with Crippen LogP contribution >= 0.6 is 0 Å². The molecule has 1 fully saturated rings. The molecule has 5 rings (SSSR count). The molecular formula is C31H38N4O2. The van der Waals surface area contributed by atoms with Gasteiger partial charge in [-0.3, -0.25) is 14.7 Å². The Kier molecular flexibility index (Phi) is 7.68. The van der Waals surface area contributed by atoms with E-state index in [1.165, 1.54) is 11.1 Å². The highest BCUT2D eigenvalue weighted by Crippen LogP contribution is 2.30. The first kappa shape index (κ1) is 25.6. The lowest BCUT2D eigenvalue weighted by atomic mass is 9.90. The molecule has 2 aliphatic rings. The lowest BCUT2D eigenvalue weighted by molar-refractivity contribution is 0.0150. The predicted molar refractivity (Wildman–Crippen MR) is 147 cm³/mol. The van der Waals surface area contributed by atoms with E-state index in [4.69, 9.17) is 9.72 Å². The molecule has 0 bridgehead atoms. The highest BCUT2D eigenvalue weighted by molar-refractivity contribution is 5.98. The topological polar surface area (TPSA) is 60.2 Å². The van der Waals surface area contributed by atoms with E-state index in [-0.39, 0.29) is 5.78 Å². The molecule has 3 heterocycles. The second-order valence-corrected chi connectivity index (χ2v) is 10.7. The Labute approximate surface area is 220 Å². The summed E-state index contributed by atoms with van der Waals surface area (Å²) in [5.74, 6) is 0.552. The van der Waals surface area contributed by atoms with E-state index >= 15 is 0 Å². The van der Waals surface area contributed by atoms with Gasteiger partial charge in [0.15, 0.2) is 5.78 Å². The molecule has 0 radical (unpaired) electrons. The molecule has 1 aliphatic heterocycles. The highest BCUT2D eigenvalue weighted by Gasteiger charge is 2.24. The molecule has 194 valence electrons. The van der Waals surface area contributed by atoms with Gasteiger partial charge in [-0.15, -0.1) is 0 Å². The van der Waals surface area contributed by atoms with E-state index in [2.05, 4.69) is 67.2 Å². The van der Waals surface area contributed by atoms with Crippen molar-refractivity contribution in [2.45, 2.75) is 65.3 Å². The predicted octanol–water partition coefficient (Wildman–Crippen LogP) is 5.70. The van der Waals surface area contributed by atoms with Crippen molar-refractivity contribution < 1.29 is 9.53 Å². The average molecular weight is 499 g/mol. The maximum atomic E-state index is 13.2. The molecule has 1 atom stereocenters. The van der Waals surface area contributed by atoms with Crippen LogP contribution in [0.5, 0.6) is 0 Å². The zero-order valence-corrected chi connectivity index (χ0v) is 22.5. The van der Waals surface area contributed by atoms with Gasteiger partial charge in [0, 0.05) is 31.7 Å². The number of hydrogen-bond acceptors (Lipinski definition) is 5. The van der Waals surface area contributed by atoms with Gasteiger partial charge in [0.25, 0.3) is 0 Å². The minimum Gasteiger partial charge on any atom is -0.379 e. The first-order valence-electron chi connectivity index (χ1n) is 13.6. The Hall–Kier alpha value is -3.09. The number of pyridine rings is 1. The van der Waals surface area contributed by atoms with Crippen molar-refractivity contribution in [1.82, 2.24) is 19.7 Å². The number of aryl methyl sites for hydroxylation is 1. The van der Waals surface area contributed by atoms with Crippen LogP contribution < -0.4 is 0 Å². The Balaban J connectivity index is 1.25. The first-order valence-corrected chi connectivity index (χ1v) is 13.6. The van der Waals surface area contributed by atoms with Crippen molar-refractivity contribution in [1.29, 1.82) is 0 Å². The van der Waals surface area contributed by atoms with Gasteiger partial charge in [0.1, 0.15) is 0 Å². The summed E-state index contributed by atoms with van der Waals surface area (Å²) in [6.45, 7) is 12.2. The van der Waals surface area contributed by atoms with Crippen molar-refractivity contribution in [3.8, 4) is 5.69 Å². The molecule has 0 N–H and O–H groups in total. The van der Waals surface area contributed by atoms with E-state index in [1.807, 2.05) is 17.8 Å². The summed E-state index contributed by atoms with van der Waals surface area (Å²) in [6.07, 6.45) is 9.54. The molecule has 6 nitrogen and oxygen atoms in total. The SMILES string of the molecule is Cc1cc(CC(=O)c2cnn(-c3ccc(C(C)C)cc3)c2C)cnc1C1=CCC(N2CCOCC2)CC1. The van der Waals surface area contributed by atoms with E-state index < -0.39 is 0 Å².